The molecule has 1 aliphatic rings. The average molecular weight is 324 g/mol. The fourth-order valence-electron chi connectivity index (χ4n) is 4.12. The topological polar surface area (TPSA) is 57.5 Å². The maximum absolute atomic E-state index is 12.2. The summed E-state index contributed by atoms with van der Waals surface area (Å²) < 4.78 is 0. The Bertz CT molecular complexity index is 662. The lowest BCUT2D eigenvalue weighted by Gasteiger charge is -2.43. The van der Waals surface area contributed by atoms with E-state index in [2.05, 4.69) is 0 Å². The Hall–Kier alpha value is -2.13. The monoisotopic (exact) mass is 324 g/mol. The Morgan fingerprint density at radius 2 is 1.46 bits per heavy atom. The molecule has 1 saturated carbocycles. The predicted octanol–water partition coefficient (Wildman–Crippen LogP) is 4.32. The summed E-state index contributed by atoms with van der Waals surface area (Å²) >= 11 is 0. The number of aliphatic carboxylic acids is 1. The zero-order valence-corrected chi connectivity index (χ0v) is 13.8. The molecule has 2 aromatic carbocycles. The molecular formula is C21H24O3. The molecule has 3 rings (SSSR count). The number of carbonyl (C=O) groups is 1. The zero-order chi connectivity index (χ0) is 17.0. The molecule has 0 spiro atoms. The summed E-state index contributed by atoms with van der Waals surface area (Å²) in [7, 11) is 0. The van der Waals surface area contributed by atoms with Crippen molar-refractivity contribution in [1.82, 2.24) is 0 Å². The number of aliphatic hydroxyl groups is 1. The third kappa shape index (κ3) is 3.09. The SMILES string of the molecule is O=C(O)C(c1ccccc1)C(O)(c1ccccc1)C1CCCCC1. The maximum atomic E-state index is 12.2. The lowest BCUT2D eigenvalue weighted by Crippen LogP contribution is -2.45. The van der Waals surface area contributed by atoms with Gasteiger partial charge in [-0.1, -0.05) is 79.9 Å². The van der Waals surface area contributed by atoms with E-state index in [4.69, 9.17) is 0 Å². The summed E-state index contributed by atoms with van der Waals surface area (Å²) in [5.74, 6) is -1.99. The minimum absolute atomic E-state index is 0.0463. The molecule has 0 heterocycles. The van der Waals surface area contributed by atoms with E-state index in [9.17, 15) is 15.0 Å². The number of rotatable bonds is 5. The normalized spacial score (nSPS) is 19.4. The molecule has 24 heavy (non-hydrogen) atoms. The van der Waals surface area contributed by atoms with Crippen LogP contribution in [-0.2, 0) is 10.4 Å². The Morgan fingerprint density at radius 1 is 0.917 bits per heavy atom. The van der Waals surface area contributed by atoms with Gasteiger partial charge < -0.3 is 10.2 Å². The number of hydrogen-bond acceptors (Lipinski definition) is 2. The molecule has 2 N–H and O–H groups in total. The molecule has 126 valence electrons. The molecule has 0 radical (unpaired) electrons. The van der Waals surface area contributed by atoms with Gasteiger partial charge >= 0.3 is 5.97 Å². The molecule has 2 unspecified atom stereocenters. The first-order valence-corrected chi connectivity index (χ1v) is 8.69. The molecule has 0 bridgehead atoms. The second-order valence-electron chi connectivity index (χ2n) is 6.71. The van der Waals surface area contributed by atoms with Crippen molar-refractivity contribution in [2.45, 2.75) is 43.6 Å². The van der Waals surface area contributed by atoms with Crippen molar-refractivity contribution in [2.24, 2.45) is 5.92 Å². The largest absolute Gasteiger partial charge is 0.481 e. The van der Waals surface area contributed by atoms with Gasteiger partial charge in [0.25, 0.3) is 0 Å². The van der Waals surface area contributed by atoms with E-state index in [1.165, 1.54) is 0 Å². The highest BCUT2D eigenvalue weighted by molar-refractivity contribution is 5.78. The van der Waals surface area contributed by atoms with E-state index in [1.807, 2.05) is 48.5 Å². The van der Waals surface area contributed by atoms with E-state index >= 15 is 0 Å². The molecule has 2 atom stereocenters. The molecule has 0 saturated heterocycles. The Balaban J connectivity index is 2.13. The second-order valence-corrected chi connectivity index (χ2v) is 6.71. The van der Waals surface area contributed by atoms with Gasteiger partial charge in [0.15, 0.2) is 0 Å². The van der Waals surface area contributed by atoms with E-state index in [0.717, 1.165) is 32.1 Å². The summed E-state index contributed by atoms with van der Waals surface area (Å²) in [6.07, 6.45) is 4.97. The summed E-state index contributed by atoms with van der Waals surface area (Å²) in [6.45, 7) is 0. The minimum atomic E-state index is -1.39. The van der Waals surface area contributed by atoms with E-state index in [0.29, 0.717) is 11.1 Å². The first-order chi connectivity index (χ1) is 11.6. The van der Waals surface area contributed by atoms with Gasteiger partial charge in [-0.3, -0.25) is 4.79 Å². The molecule has 0 aromatic heterocycles. The van der Waals surface area contributed by atoms with E-state index in [1.54, 1.807) is 12.1 Å². The Morgan fingerprint density at radius 3 is 2.00 bits per heavy atom. The molecule has 1 fully saturated rings. The first kappa shape index (κ1) is 16.7. The second kappa shape index (κ2) is 7.18. The zero-order valence-electron chi connectivity index (χ0n) is 13.8. The van der Waals surface area contributed by atoms with Crippen LogP contribution in [0.5, 0.6) is 0 Å². The third-order valence-corrected chi connectivity index (χ3v) is 5.28. The van der Waals surface area contributed by atoms with Crippen LogP contribution in [0, 0.1) is 5.92 Å². The highest BCUT2D eigenvalue weighted by Crippen LogP contribution is 2.48. The highest BCUT2D eigenvalue weighted by atomic mass is 16.4. The number of hydrogen-bond donors (Lipinski definition) is 2. The van der Waals surface area contributed by atoms with Gasteiger partial charge in [0.05, 0.1) is 0 Å². The maximum Gasteiger partial charge on any atom is 0.314 e. The smallest absolute Gasteiger partial charge is 0.314 e. The van der Waals surface area contributed by atoms with Crippen LogP contribution in [0.15, 0.2) is 60.7 Å². The molecule has 0 amide bonds. The summed E-state index contributed by atoms with van der Waals surface area (Å²) in [6, 6.07) is 18.5. The Labute approximate surface area is 143 Å². The minimum Gasteiger partial charge on any atom is -0.481 e. The van der Waals surface area contributed by atoms with Crippen LogP contribution in [0.25, 0.3) is 0 Å². The lowest BCUT2D eigenvalue weighted by atomic mass is 9.65. The van der Waals surface area contributed by atoms with Crippen molar-refractivity contribution < 1.29 is 15.0 Å². The van der Waals surface area contributed by atoms with Crippen molar-refractivity contribution in [3.8, 4) is 0 Å². The fourth-order valence-corrected chi connectivity index (χ4v) is 4.12. The third-order valence-electron chi connectivity index (χ3n) is 5.28. The number of carboxylic acids is 1. The van der Waals surface area contributed by atoms with Crippen LogP contribution in [-0.4, -0.2) is 16.2 Å². The van der Waals surface area contributed by atoms with Crippen LogP contribution in [0.2, 0.25) is 0 Å². The van der Waals surface area contributed by atoms with Crippen LogP contribution < -0.4 is 0 Å². The average Bonchev–Trinajstić information content (AvgIpc) is 2.64. The fraction of sp³-hybridized carbons (Fsp3) is 0.381. The Kier molecular flexibility index (Phi) is 5.00. The molecule has 3 heteroatoms. The van der Waals surface area contributed by atoms with Crippen LogP contribution in [0.1, 0.15) is 49.1 Å². The van der Waals surface area contributed by atoms with Crippen LogP contribution in [0.3, 0.4) is 0 Å². The molecule has 3 nitrogen and oxygen atoms in total. The van der Waals surface area contributed by atoms with Crippen molar-refractivity contribution in [1.29, 1.82) is 0 Å². The van der Waals surface area contributed by atoms with E-state index in [-0.39, 0.29) is 5.92 Å². The van der Waals surface area contributed by atoms with Crippen molar-refractivity contribution >= 4 is 5.97 Å². The number of benzene rings is 2. The molecule has 2 aromatic rings. The molecular weight excluding hydrogens is 300 g/mol. The van der Waals surface area contributed by atoms with Crippen molar-refractivity contribution in [2.75, 3.05) is 0 Å². The predicted molar refractivity (Wildman–Crippen MR) is 93.7 cm³/mol. The van der Waals surface area contributed by atoms with Gasteiger partial charge in [0.1, 0.15) is 11.5 Å². The quantitative estimate of drug-likeness (QED) is 0.861. The van der Waals surface area contributed by atoms with Crippen LogP contribution in [0.4, 0.5) is 0 Å². The van der Waals surface area contributed by atoms with Gasteiger partial charge in [-0.2, -0.15) is 0 Å². The molecule has 1 aliphatic carbocycles. The van der Waals surface area contributed by atoms with Crippen LogP contribution >= 0.6 is 0 Å². The van der Waals surface area contributed by atoms with Gasteiger partial charge in [0, 0.05) is 0 Å². The summed E-state index contributed by atoms with van der Waals surface area (Å²) in [5.41, 5.74) is -0.0374. The van der Waals surface area contributed by atoms with Gasteiger partial charge in [-0.15, -0.1) is 0 Å². The van der Waals surface area contributed by atoms with Gasteiger partial charge in [0.2, 0.25) is 0 Å². The van der Waals surface area contributed by atoms with Crippen molar-refractivity contribution in [3.05, 3.63) is 71.8 Å². The van der Waals surface area contributed by atoms with Gasteiger partial charge in [-0.25, -0.2) is 0 Å². The van der Waals surface area contributed by atoms with E-state index < -0.39 is 17.5 Å². The highest BCUT2D eigenvalue weighted by Gasteiger charge is 2.49. The molecule has 0 aliphatic heterocycles. The number of carboxylic acid groups (broad SMARTS) is 1. The lowest BCUT2D eigenvalue weighted by molar-refractivity contribution is -0.152. The van der Waals surface area contributed by atoms with Gasteiger partial charge in [-0.05, 0) is 29.9 Å². The van der Waals surface area contributed by atoms with Crippen molar-refractivity contribution in [3.63, 3.8) is 0 Å². The summed E-state index contributed by atoms with van der Waals surface area (Å²) in [4.78, 5) is 12.2. The standard InChI is InChI=1S/C21H24O3/c22-20(23)19(16-10-4-1-5-11-16)21(24,17-12-6-2-7-13-17)18-14-8-3-9-15-18/h1-2,4-7,10-13,18-19,24H,3,8-9,14-15H2,(H,22,23). The summed E-state index contributed by atoms with van der Waals surface area (Å²) in [5, 5.41) is 21.8. The first-order valence-electron chi connectivity index (χ1n) is 8.69.